The summed E-state index contributed by atoms with van der Waals surface area (Å²) in [4.78, 5) is 27.0. The minimum Gasteiger partial charge on any atom is -0.356 e. The first-order valence-corrected chi connectivity index (χ1v) is 10.8. The Morgan fingerprint density at radius 2 is 1.88 bits per heavy atom. The van der Waals surface area contributed by atoms with Crippen LogP contribution in [0, 0.1) is 5.82 Å². The van der Waals surface area contributed by atoms with Gasteiger partial charge in [0.15, 0.2) is 11.3 Å². The maximum absolute atomic E-state index is 13.8. The number of amides is 2. The molecule has 2 amide bonds. The van der Waals surface area contributed by atoms with Crippen LogP contribution >= 0.6 is 0 Å². The average molecular weight is 447 g/mol. The van der Waals surface area contributed by atoms with Gasteiger partial charge in [-0.25, -0.2) is 4.39 Å². The summed E-state index contributed by atoms with van der Waals surface area (Å²) in [5.74, 6) is -0.807. The van der Waals surface area contributed by atoms with Crippen molar-refractivity contribution in [3.8, 4) is 0 Å². The molecule has 168 valence electrons. The Morgan fingerprint density at radius 3 is 2.70 bits per heavy atom. The van der Waals surface area contributed by atoms with Gasteiger partial charge in [0.25, 0.3) is 5.91 Å². The average Bonchev–Trinajstić information content (AvgIpc) is 3.49. The molecule has 0 saturated carbocycles. The highest BCUT2D eigenvalue weighted by molar-refractivity contribution is 6.03. The lowest BCUT2D eigenvalue weighted by Crippen LogP contribution is -2.38. The summed E-state index contributed by atoms with van der Waals surface area (Å²) in [6.07, 6.45) is 1.70. The Balaban J connectivity index is 1.17. The van der Waals surface area contributed by atoms with Gasteiger partial charge in [-0.2, -0.15) is 5.10 Å². The predicted octanol–water partition coefficient (Wildman–Crippen LogP) is 3.89. The molecule has 5 rings (SSSR count). The molecule has 9 heteroatoms. The van der Waals surface area contributed by atoms with Crippen molar-refractivity contribution < 1.29 is 18.5 Å². The third-order valence-corrected chi connectivity index (χ3v) is 6.01. The number of rotatable bonds is 5. The van der Waals surface area contributed by atoms with Gasteiger partial charge in [-0.15, -0.1) is 0 Å². The Bertz CT molecular complexity index is 1310. The molecule has 2 aromatic carbocycles. The molecule has 0 radical (unpaired) electrons. The van der Waals surface area contributed by atoms with Crippen LogP contribution in [-0.4, -0.2) is 45.2 Å². The van der Waals surface area contributed by atoms with Gasteiger partial charge in [0.05, 0.1) is 12.1 Å². The number of likely N-dealkylation sites (tertiary alicyclic amines) is 1. The van der Waals surface area contributed by atoms with Crippen LogP contribution in [0.2, 0.25) is 0 Å². The smallest absolute Gasteiger partial charge is 0.276 e. The second kappa shape index (κ2) is 8.85. The minimum atomic E-state index is -0.503. The number of hydrogen-bond acceptors (Lipinski definition) is 5. The molecule has 1 saturated heterocycles. The van der Waals surface area contributed by atoms with E-state index in [1.165, 1.54) is 12.1 Å². The van der Waals surface area contributed by atoms with E-state index in [2.05, 4.69) is 20.7 Å². The summed E-state index contributed by atoms with van der Waals surface area (Å²) in [5, 5.41) is 14.5. The summed E-state index contributed by atoms with van der Waals surface area (Å²) in [5.41, 5.74) is 2.47. The molecule has 2 aromatic heterocycles. The lowest BCUT2D eigenvalue weighted by molar-refractivity contribution is -0.131. The minimum absolute atomic E-state index is 0.0158. The van der Waals surface area contributed by atoms with Crippen molar-refractivity contribution in [2.75, 3.05) is 18.4 Å². The normalized spacial score (nSPS) is 14.5. The van der Waals surface area contributed by atoms with Crippen LogP contribution in [0.25, 0.3) is 11.0 Å². The maximum Gasteiger partial charge on any atom is 0.276 e. The number of para-hydroxylation sites is 2. The van der Waals surface area contributed by atoms with Crippen LogP contribution < -0.4 is 5.32 Å². The van der Waals surface area contributed by atoms with Crippen molar-refractivity contribution in [3.05, 3.63) is 77.5 Å². The number of piperidine rings is 1. The second-order valence-electron chi connectivity index (χ2n) is 8.10. The molecule has 3 heterocycles. The lowest BCUT2D eigenvalue weighted by Gasteiger charge is -2.31. The number of anilines is 1. The Labute approximate surface area is 188 Å². The SMILES string of the molecule is O=C(Nc1ccccc1F)c1cc(C2CCN(C(=O)Cc3noc4ccccc34)CC2)[nH]n1. The van der Waals surface area contributed by atoms with Crippen molar-refractivity contribution in [2.24, 2.45) is 0 Å². The molecular formula is C24H22FN5O3. The molecule has 8 nitrogen and oxygen atoms in total. The molecule has 0 bridgehead atoms. The number of fused-ring (bicyclic) bond motifs is 1. The number of nitrogens with one attached hydrogen (secondary N) is 2. The molecule has 0 unspecified atom stereocenters. The van der Waals surface area contributed by atoms with Crippen molar-refractivity contribution >= 4 is 28.5 Å². The van der Waals surface area contributed by atoms with Gasteiger partial charge in [-0.1, -0.05) is 29.4 Å². The van der Waals surface area contributed by atoms with E-state index in [-0.39, 0.29) is 29.6 Å². The van der Waals surface area contributed by atoms with Crippen molar-refractivity contribution in [1.82, 2.24) is 20.3 Å². The van der Waals surface area contributed by atoms with Gasteiger partial charge < -0.3 is 14.7 Å². The highest BCUT2D eigenvalue weighted by atomic mass is 19.1. The molecular weight excluding hydrogens is 425 g/mol. The first kappa shape index (κ1) is 20.9. The molecule has 0 atom stereocenters. The Hall–Kier alpha value is -4.01. The Morgan fingerprint density at radius 1 is 1.12 bits per heavy atom. The summed E-state index contributed by atoms with van der Waals surface area (Å²) in [7, 11) is 0. The molecule has 2 N–H and O–H groups in total. The first-order chi connectivity index (χ1) is 16.1. The van der Waals surface area contributed by atoms with E-state index in [9.17, 15) is 14.0 Å². The summed E-state index contributed by atoms with van der Waals surface area (Å²) in [6.45, 7) is 1.21. The van der Waals surface area contributed by atoms with E-state index in [0.717, 1.165) is 23.9 Å². The monoisotopic (exact) mass is 447 g/mol. The molecule has 0 aliphatic carbocycles. The van der Waals surface area contributed by atoms with Crippen LogP contribution in [0.15, 0.2) is 59.1 Å². The van der Waals surface area contributed by atoms with E-state index < -0.39 is 11.7 Å². The van der Waals surface area contributed by atoms with E-state index in [0.29, 0.717) is 24.4 Å². The van der Waals surface area contributed by atoms with E-state index in [1.54, 1.807) is 18.2 Å². The van der Waals surface area contributed by atoms with Crippen LogP contribution in [0.1, 0.15) is 40.6 Å². The van der Waals surface area contributed by atoms with Crippen LogP contribution in [0.4, 0.5) is 10.1 Å². The lowest BCUT2D eigenvalue weighted by atomic mass is 9.93. The van der Waals surface area contributed by atoms with Crippen LogP contribution in [0.5, 0.6) is 0 Å². The van der Waals surface area contributed by atoms with Gasteiger partial charge in [0.2, 0.25) is 5.91 Å². The van der Waals surface area contributed by atoms with Gasteiger partial charge in [-0.3, -0.25) is 14.7 Å². The maximum atomic E-state index is 13.8. The van der Waals surface area contributed by atoms with Crippen molar-refractivity contribution in [2.45, 2.75) is 25.2 Å². The predicted molar refractivity (Wildman–Crippen MR) is 119 cm³/mol. The summed E-state index contributed by atoms with van der Waals surface area (Å²) < 4.78 is 19.1. The first-order valence-electron chi connectivity index (χ1n) is 10.8. The number of H-pyrrole nitrogens is 1. The number of carbonyl (C=O) groups is 2. The van der Waals surface area contributed by atoms with E-state index in [1.807, 2.05) is 29.2 Å². The van der Waals surface area contributed by atoms with Crippen LogP contribution in [0.3, 0.4) is 0 Å². The molecule has 33 heavy (non-hydrogen) atoms. The number of nitrogens with zero attached hydrogens (tertiary/aromatic N) is 3. The fourth-order valence-corrected chi connectivity index (χ4v) is 4.17. The van der Waals surface area contributed by atoms with Gasteiger partial charge in [0, 0.05) is 30.1 Å². The zero-order valence-electron chi connectivity index (χ0n) is 17.8. The quantitative estimate of drug-likeness (QED) is 0.483. The molecule has 4 aromatic rings. The highest BCUT2D eigenvalue weighted by Gasteiger charge is 2.27. The third kappa shape index (κ3) is 4.34. The number of hydrogen-bond donors (Lipinski definition) is 2. The molecule has 1 aliphatic heterocycles. The van der Waals surface area contributed by atoms with Crippen LogP contribution in [-0.2, 0) is 11.2 Å². The zero-order valence-corrected chi connectivity index (χ0v) is 17.8. The highest BCUT2D eigenvalue weighted by Crippen LogP contribution is 2.28. The van der Waals surface area contributed by atoms with Gasteiger partial charge in [-0.05, 0) is 43.2 Å². The van der Waals surface area contributed by atoms with Crippen molar-refractivity contribution in [1.29, 1.82) is 0 Å². The molecule has 1 fully saturated rings. The standard InChI is InChI=1S/C24H22FN5O3/c25-17-6-2-3-7-18(17)26-24(32)21-13-19(27-28-21)15-9-11-30(12-10-15)23(31)14-20-16-5-1-4-8-22(16)33-29-20/h1-8,13,15H,9-12,14H2,(H,26,32)(H,27,28). The number of benzene rings is 2. The number of aromatic amines is 1. The van der Waals surface area contributed by atoms with Gasteiger partial charge in [0.1, 0.15) is 11.5 Å². The number of halogens is 1. The molecule has 0 spiro atoms. The third-order valence-electron chi connectivity index (χ3n) is 6.01. The summed E-state index contributed by atoms with van der Waals surface area (Å²) >= 11 is 0. The number of aromatic nitrogens is 3. The molecule has 1 aliphatic rings. The summed E-state index contributed by atoms with van der Waals surface area (Å²) in [6, 6.07) is 15.2. The van der Waals surface area contributed by atoms with Crippen molar-refractivity contribution in [3.63, 3.8) is 0 Å². The fourth-order valence-electron chi connectivity index (χ4n) is 4.17. The fraction of sp³-hybridized carbons (Fsp3) is 0.250. The second-order valence-corrected chi connectivity index (χ2v) is 8.10. The van der Waals surface area contributed by atoms with E-state index in [4.69, 9.17) is 4.52 Å². The van der Waals surface area contributed by atoms with E-state index >= 15 is 0 Å². The zero-order chi connectivity index (χ0) is 22.8. The Kier molecular flexibility index (Phi) is 5.60. The van der Waals surface area contributed by atoms with Gasteiger partial charge >= 0.3 is 0 Å². The number of carbonyl (C=O) groups excluding carboxylic acids is 2. The topological polar surface area (TPSA) is 104 Å². The largest absolute Gasteiger partial charge is 0.356 e.